The summed E-state index contributed by atoms with van der Waals surface area (Å²) in [6.07, 6.45) is 0.658. The van der Waals surface area contributed by atoms with Crippen molar-refractivity contribution < 1.29 is 4.74 Å². The molecule has 2 rings (SSSR count). The Morgan fingerprint density at radius 1 is 1.62 bits per heavy atom. The largest absolute Gasteiger partial charge is 0.369 e. The van der Waals surface area contributed by atoms with E-state index in [-0.39, 0.29) is 11.7 Å². The standard InChI is InChI=1S/C11H16N2O2S/c1-3-8-7(2)12-10(13-11(8)14)9-6-16-5-4-15-9/h9H,3-6H2,1-2H3,(H,12,13,14). The average molecular weight is 240 g/mol. The number of ether oxygens (including phenoxy) is 1. The lowest BCUT2D eigenvalue weighted by molar-refractivity contribution is 0.0691. The molecule has 0 bridgehead atoms. The molecule has 0 amide bonds. The molecule has 0 aliphatic carbocycles. The van der Waals surface area contributed by atoms with Crippen LogP contribution in [0.2, 0.25) is 0 Å². The second-order valence-electron chi connectivity index (χ2n) is 3.80. The highest BCUT2D eigenvalue weighted by Crippen LogP contribution is 2.23. The van der Waals surface area contributed by atoms with Crippen LogP contribution in [0, 0.1) is 6.92 Å². The van der Waals surface area contributed by atoms with Gasteiger partial charge in [0.15, 0.2) is 0 Å². The Bertz CT molecular complexity index is 424. The zero-order chi connectivity index (χ0) is 11.5. The monoisotopic (exact) mass is 240 g/mol. The first-order valence-corrected chi connectivity index (χ1v) is 6.67. The maximum absolute atomic E-state index is 11.8. The highest BCUT2D eigenvalue weighted by molar-refractivity contribution is 7.99. The number of aryl methyl sites for hydroxylation is 1. The molecule has 0 radical (unpaired) electrons. The van der Waals surface area contributed by atoms with Crippen molar-refractivity contribution in [1.29, 1.82) is 0 Å². The van der Waals surface area contributed by atoms with Gasteiger partial charge in [0.05, 0.1) is 6.61 Å². The van der Waals surface area contributed by atoms with Gasteiger partial charge in [-0.1, -0.05) is 6.92 Å². The van der Waals surface area contributed by atoms with E-state index >= 15 is 0 Å². The van der Waals surface area contributed by atoms with E-state index in [4.69, 9.17) is 4.74 Å². The van der Waals surface area contributed by atoms with Gasteiger partial charge in [0.25, 0.3) is 5.56 Å². The summed E-state index contributed by atoms with van der Waals surface area (Å²) in [5, 5.41) is 0. The van der Waals surface area contributed by atoms with Gasteiger partial charge in [0, 0.05) is 22.8 Å². The van der Waals surface area contributed by atoms with Crippen LogP contribution in [0.15, 0.2) is 4.79 Å². The molecule has 1 aliphatic heterocycles. The van der Waals surface area contributed by atoms with Crippen LogP contribution in [0.5, 0.6) is 0 Å². The molecule has 0 spiro atoms. The molecule has 5 heteroatoms. The van der Waals surface area contributed by atoms with Crippen LogP contribution in [0.25, 0.3) is 0 Å². The van der Waals surface area contributed by atoms with E-state index in [0.717, 1.165) is 29.4 Å². The van der Waals surface area contributed by atoms with Crippen molar-refractivity contribution in [2.45, 2.75) is 26.4 Å². The SMILES string of the molecule is CCc1c(C)nc(C2CSCCO2)[nH]c1=O. The summed E-state index contributed by atoms with van der Waals surface area (Å²) in [7, 11) is 0. The second kappa shape index (κ2) is 5.01. The van der Waals surface area contributed by atoms with Gasteiger partial charge in [0.2, 0.25) is 0 Å². The Balaban J connectivity index is 2.31. The lowest BCUT2D eigenvalue weighted by atomic mass is 10.2. The van der Waals surface area contributed by atoms with Crippen molar-refractivity contribution in [3.63, 3.8) is 0 Å². The Hall–Kier alpha value is -0.810. The van der Waals surface area contributed by atoms with Crippen LogP contribution in [-0.2, 0) is 11.2 Å². The van der Waals surface area contributed by atoms with Gasteiger partial charge in [-0.25, -0.2) is 4.98 Å². The fourth-order valence-corrected chi connectivity index (χ4v) is 2.70. The van der Waals surface area contributed by atoms with Gasteiger partial charge < -0.3 is 9.72 Å². The molecule has 1 N–H and O–H groups in total. The molecule has 1 saturated heterocycles. The number of H-pyrrole nitrogens is 1. The third-order valence-electron chi connectivity index (χ3n) is 2.72. The number of nitrogens with one attached hydrogen (secondary N) is 1. The topological polar surface area (TPSA) is 55.0 Å². The van der Waals surface area contributed by atoms with E-state index in [9.17, 15) is 4.79 Å². The number of rotatable bonds is 2. The van der Waals surface area contributed by atoms with Crippen molar-refractivity contribution in [3.8, 4) is 0 Å². The maximum atomic E-state index is 11.8. The number of thioether (sulfide) groups is 1. The van der Waals surface area contributed by atoms with E-state index in [1.165, 1.54) is 0 Å². The molecule has 88 valence electrons. The molecular weight excluding hydrogens is 224 g/mol. The van der Waals surface area contributed by atoms with E-state index in [2.05, 4.69) is 9.97 Å². The van der Waals surface area contributed by atoms with E-state index in [1.54, 1.807) is 0 Å². The maximum Gasteiger partial charge on any atom is 0.254 e. The second-order valence-corrected chi connectivity index (χ2v) is 4.95. The Kier molecular flexibility index (Phi) is 3.66. The summed E-state index contributed by atoms with van der Waals surface area (Å²) >= 11 is 1.83. The minimum Gasteiger partial charge on any atom is -0.369 e. The highest BCUT2D eigenvalue weighted by Gasteiger charge is 2.20. The molecule has 16 heavy (non-hydrogen) atoms. The molecule has 1 unspecified atom stereocenters. The minimum atomic E-state index is -0.0592. The molecule has 0 aromatic carbocycles. The van der Waals surface area contributed by atoms with Crippen molar-refractivity contribution in [2.75, 3.05) is 18.1 Å². The fourth-order valence-electron chi connectivity index (χ4n) is 1.85. The van der Waals surface area contributed by atoms with Gasteiger partial charge >= 0.3 is 0 Å². The fraction of sp³-hybridized carbons (Fsp3) is 0.636. The molecule has 0 saturated carbocycles. The van der Waals surface area contributed by atoms with E-state index in [1.807, 2.05) is 25.6 Å². The Labute approximate surface area is 98.8 Å². The molecule has 1 fully saturated rings. The number of aromatic nitrogens is 2. The summed E-state index contributed by atoms with van der Waals surface area (Å²) in [4.78, 5) is 19.0. The molecule has 1 atom stereocenters. The minimum absolute atomic E-state index is 0.0239. The van der Waals surface area contributed by atoms with Crippen LogP contribution in [0.3, 0.4) is 0 Å². The van der Waals surface area contributed by atoms with Crippen molar-refractivity contribution in [1.82, 2.24) is 9.97 Å². The van der Waals surface area contributed by atoms with Gasteiger partial charge in [-0.05, 0) is 13.3 Å². The average Bonchev–Trinajstić information content (AvgIpc) is 2.30. The van der Waals surface area contributed by atoms with Crippen molar-refractivity contribution >= 4 is 11.8 Å². The Morgan fingerprint density at radius 2 is 2.44 bits per heavy atom. The molecule has 4 nitrogen and oxygen atoms in total. The zero-order valence-corrected chi connectivity index (χ0v) is 10.4. The molecule has 1 aromatic heterocycles. The molecule has 2 heterocycles. The van der Waals surface area contributed by atoms with Gasteiger partial charge in [0.1, 0.15) is 11.9 Å². The van der Waals surface area contributed by atoms with Gasteiger partial charge in [-0.3, -0.25) is 4.79 Å². The number of aromatic amines is 1. The summed E-state index contributed by atoms with van der Waals surface area (Å²) in [5.74, 6) is 2.56. The summed E-state index contributed by atoms with van der Waals surface area (Å²) in [6, 6.07) is 0. The summed E-state index contributed by atoms with van der Waals surface area (Å²) in [6.45, 7) is 4.58. The van der Waals surface area contributed by atoms with E-state index < -0.39 is 0 Å². The first kappa shape index (κ1) is 11.7. The van der Waals surface area contributed by atoms with Crippen LogP contribution in [0.4, 0.5) is 0 Å². The molecular formula is C11H16N2O2S. The van der Waals surface area contributed by atoms with Crippen LogP contribution >= 0.6 is 11.8 Å². The number of hydrogen-bond donors (Lipinski definition) is 1. The third-order valence-corrected chi connectivity index (χ3v) is 3.71. The van der Waals surface area contributed by atoms with E-state index in [0.29, 0.717) is 12.2 Å². The number of nitrogens with zero attached hydrogens (tertiary/aromatic N) is 1. The van der Waals surface area contributed by atoms with Crippen molar-refractivity contribution in [3.05, 3.63) is 27.4 Å². The van der Waals surface area contributed by atoms with Gasteiger partial charge in [-0.15, -0.1) is 0 Å². The van der Waals surface area contributed by atoms with Gasteiger partial charge in [-0.2, -0.15) is 11.8 Å². The summed E-state index contributed by atoms with van der Waals surface area (Å²) < 4.78 is 5.59. The van der Waals surface area contributed by atoms with Crippen LogP contribution < -0.4 is 5.56 Å². The predicted molar refractivity (Wildman–Crippen MR) is 65.0 cm³/mol. The smallest absolute Gasteiger partial charge is 0.254 e. The lowest BCUT2D eigenvalue weighted by Gasteiger charge is -2.21. The first-order valence-electron chi connectivity index (χ1n) is 5.51. The first-order chi connectivity index (χ1) is 7.72. The highest BCUT2D eigenvalue weighted by atomic mass is 32.2. The third kappa shape index (κ3) is 2.30. The predicted octanol–water partition coefficient (Wildman–Crippen LogP) is 1.45. The number of hydrogen-bond acceptors (Lipinski definition) is 4. The lowest BCUT2D eigenvalue weighted by Crippen LogP contribution is -2.24. The molecule has 1 aliphatic rings. The van der Waals surface area contributed by atoms with Crippen LogP contribution in [-0.4, -0.2) is 28.1 Å². The quantitative estimate of drug-likeness (QED) is 0.850. The van der Waals surface area contributed by atoms with Crippen molar-refractivity contribution in [2.24, 2.45) is 0 Å². The Morgan fingerprint density at radius 3 is 3.00 bits per heavy atom. The van der Waals surface area contributed by atoms with Crippen LogP contribution in [0.1, 0.15) is 30.1 Å². The molecule has 1 aromatic rings. The summed E-state index contributed by atoms with van der Waals surface area (Å²) in [5.41, 5.74) is 1.57. The normalized spacial score (nSPS) is 21.0. The zero-order valence-electron chi connectivity index (χ0n) is 9.58.